The Bertz CT molecular complexity index is 519. The van der Waals surface area contributed by atoms with Gasteiger partial charge in [0, 0.05) is 20.2 Å². The van der Waals surface area contributed by atoms with Gasteiger partial charge in [0.2, 0.25) is 0 Å². The highest BCUT2D eigenvalue weighted by molar-refractivity contribution is 5.99. The van der Waals surface area contributed by atoms with Crippen LogP contribution in [-0.2, 0) is 4.74 Å². The number of carbonyl (C=O) groups is 1. The van der Waals surface area contributed by atoms with Gasteiger partial charge in [-0.25, -0.2) is 4.98 Å². The van der Waals surface area contributed by atoms with Gasteiger partial charge in [0.25, 0.3) is 11.6 Å². The molecule has 0 saturated carbocycles. The lowest BCUT2D eigenvalue weighted by atomic mass is 10.0. The lowest BCUT2D eigenvalue weighted by molar-refractivity contribution is -0.385. The molecule has 0 aromatic carbocycles. The molecule has 0 aliphatic carbocycles. The quantitative estimate of drug-likeness (QED) is 0.582. The Balaban J connectivity index is 3.04. The number of methoxy groups -OCH3 is 1. The van der Waals surface area contributed by atoms with Gasteiger partial charge in [-0.3, -0.25) is 14.9 Å². The Morgan fingerprint density at radius 2 is 2.19 bits per heavy atom. The summed E-state index contributed by atoms with van der Waals surface area (Å²) in [6.45, 7) is 4.27. The molecule has 116 valence electrons. The van der Waals surface area contributed by atoms with E-state index in [1.54, 1.807) is 14.2 Å². The van der Waals surface area contributed by atoms with Gasteiger partial charge in [0.1, 0.15) is 12.0 Å². The number of amides is 1. The summed E-state index contributed by atoms with van der Waals surface area (Å²) in [6.07, 6.45) is 1.11. The fourth-order valence-electron chi connectivity index (χ4n) is 1.75. The number of ether oxygens (including phenoxy) is 1. The van der Waals surface area contributed by atoms with Crippen LogP contribution in [0.15, 0.2) is 12.3 Å². The van der Waals surface area contributed by atoms with E-state index in [2.05, 4.69) is 15.6 Å². The monoisotopic (exact) mass is 296 g/mol. The van der Waals surface area contributed by atoms with E-state index >= 15 is 0 Å². The van der Waals surface area contributed by atoms with Crippen LogP contribution in [0.1, 0.15) is 24.2 Å². The van der Waals surface area contributed by atoms with E-state index in [0.717, 1.165) is 6.20 Å². The summed E-state index contributed by atoms with van der Waals surface area (Å²) in [5, 5.41) is 16.4. The third-order valence-corrected chi connectivity index (χ3v) is 3.03. The van der Waals surface area contributed by atoms with Gasteiger partial charge in [-0.1, -0.05) is 13.8 Å². The molecule has 1 unspecified atom stereocenters. The van der Waals surface area contributed by atoms with Crippen LogP contribution < -0.4 is 10.6 Å². The molecule has 2 N–H and O–H groups in total. The number of nitrogens with one attached hydrogen (secondary N) is 2. The Labute approximate surface area is 123 Å². The summed E-state index contributed by atoms with van der Waals surface area (Å²) in [7, 11) is 3.15. The van der Waals surface area contributed by atoms with Gasteiger partial charge >= 0.3 is 0 Å². The summed E-state index contributed by atoms with van der Waals surface area (Å²) >= 11 is 0. The number of hydrogen-bond acceptors (Lipinski definition) is 6. The fourth-order valence-corrected chi connectivity index (χ4v) is 1.75. The molecule has 0 radical (unpaired) electrons. The van der Waals surface area contributed by atoms with Crippen molar-refractivity contribution in [3.8, 4) is 0 Å². The summed E-state index contributed by atoms with van der Waals surface area (Å²) in [4.78, 5) is 26.4. The smallest absolute Gasteiger partial charge is 0.288 e. The van der Waals surface area contributed by atoms with Gasteiger partial charge in [-0.05, 0) is 5.92 Å². The Kier molecular flexibility index (Phi) is 6.04. The Morgan fingerprint density at radius 1 is 1.52 bits per heavy atom. The van der Waals surface area contributed by atoms with Gasteiger partial charge in [0.05, 0.1) is 23.1 Å². The van der Waals surface area contributed by atoms with Crippen molar-refractivity contribution in [3.63, 3.8) is 0 Å². The summed E-state index contributed by atoms with van der Waals surface area (Å²) in [6, 6.07) is 1.02. The number of nitrogens with zero attached hydrogens (tertiary/aromatic N) is 2. The van der Waals surface area contributed by atoms with Crippen LogP contribution in [0.2, 0.25) is 0 Å². The summed E-state index contributed by atoms with van der Waals surface area (Å²) < 4.78 is 5.07. The first-order valence-corrected chi connectivity index (χ1v) is 6.52. The third kappa shape index (κ3) is 4.38. The van der Waals surface area contributed by atoms with E-state index in [0.29, 0.717) is 6.61 Å². The minimum absolute atomic E-state index is 0.133. The molecule has 0 aliphatic heterocycles. The molecule has 1 atom stereocenters. The van der Waals surface area contributed by atoms with Crippen LogP contribution in [0.25, 0.3) is 0 Å². The zero-order chi connectivity index (χ0) is 16.0. The first-order chi connectivity index (χ1) is 9.90. The molecular formula is C13H20N4O4. The van der Waals surface area contributed by atoms with Gasteiger partial charge in [-0.15, -0.1) is 0 Å². The maximum Gasteiger partial charge on any atom is 0.288 e. The van der Waals surface area contributed by atoms with Crippen LogP contribution in [0.3, 0.4) is 0 Å². The van der Waals surface area contributed by atoms with Crippen molar-refractivity contribution in [3.05, 3.63) is 27.9 Å². The molecule has 0 fully saturated rings. The molecule has 0 aliphatic rings. The average Bonchev–Trinajstić information content (AvgIpc) is 2.45. The second-order valence-electron chi connectivity index (χ2n) is 4.88. The van der Waals surface area contributed by atoms with Crippen LogP contribution in [0, 0.1) is 16.0 Å². The van der Waals surface area contributed by atoms with Crippen molar-refractivity contribution < 1.29 is 14.5 Å². The number of hydrogen-bond donors (Lipinski definition) is 2. The molecular weight excluding hydrogens is 276 g/mol. The van der Waals surface area contributed by atoms with E-state index in [9.17, 15) is 14.9 Å². The largest absolute Gasteiger partial charge is 0.383 e. The molecule has 0 bridgehead atoms. The SMILES string of the molecule is CNc1ncc([N+](=O)[O-])cc1C(=O)NC(COC)C(C)C. The number of anilines is 1. The summed E-state index contributed by atoms with van der Waals surface area (Å²) in [5.74, 6) is 0.0305. The Hall–Kier alpha value is -2.22. The third-order valence-electron chi connectivity index (χ3n) is 3.03. The topological polar surface area (TPSA) is 106 Å². The van der Waals surface area contributed by atoms with Crippen LogP contribution >= 0.6 is 0 Å². The highest BCUT2D eigenvalue weighted by Crippen LogP contribution is 2.19. The van der Waals surface area contributed by atoms with Crippen molar-refractivity contribution in [2.45, 2.75) is 19.9 Å². The molecule has 1 aromatic heterocycles. The predicted molar refractivity (Wildman–Crippen MR) is 78.4 cm³/mol. The van der Waals surface area contributed by atoms with Crippen molar-refractivity contribution in [2.75, 3.05) is 26.1 Å². The van der Waals surface area contributed by atoms with Crippen molar-refractivity contribution in [2.24, 2.45) is 5.92 Å². The van der Waals surface area contributed by atoms with Gasteiger partial charge < -0.3 is 15.4 Å². The van der Waals surface area contributed by atoms with Crippen LogP contribution in [-0.4, -0.2) is 42.6 Å². The van der Waals surface area contributed by atoms with E-state index in [1.165, 1.54) is 6.07 Å². The molecule has 0 saturated heterocycles. The number of rotatable bonds is 7. The normalized spacial score (nSPS) is 12.0. The molecule has 1 heterocycles. The van der Waals surface area contributed by atoms with Crippen molar-refractivity contribution in [1.29, 1.82) is 0 Å². The molecule has 1 aromatic rings. The fraction of sp³-hybridized carbons (Fsp3) is 0.538. The first-order valence-electron chi connectivity index (χ1n) is 6.52. The minimum Gasteiger partial charge on any atom is -0.383 e. The predicted octanol–water partition coefficient (Wildman–Crippen LogP) is 1.43. The molecule has 21 heavy (non-hydrogen) atoms. The molecule has 1 rings (SSSR count). The second-order valence-corrected chi connectivity index (χ2v) is 4.88. The first kappa shape index (κ1) is 16.8. The highest BCUT2D eigenvalue weighted by Gasteiger charge is 2.21. The zero-order valence-corrected chi connectivity index (χ0v) is 12.5. The summed E-state index contributed by atoms with van der Waals surface area (Å²) in [5.41, 5.74) is -0.0968. The van der Waals surface area contributed by atoms with E-state index in [4.69, 9.17) is 4.74 Å². The number of nitro groups is 1. The number of pyridine rings is 1. The number of aromatic nitrogens is 1. The maximum absolute atomic E-state index is 12.3. The lowest BCUT2D eigenvalue weighted by Crippen LogP contribution is -2.41. The average molecular weight is 296 g/mol. The zero-order valence-electron chi connectivity index (χ0n) is 12.5. The van der Waals surface area contributed by atoms with Crippen LogP contribution in [0.5, 0.6) is 0 Å². The van der Waals surface area contributed by atoms with E-state index in [-0.39, 0.29) is 29.0 Å². The maximum atomic E-state index is 12.3. The minimum atomic E-state index is -0.585. The molecule has 0 spiro atoms. The van der Waals surface area contributed by atoms with E-state index in [1.807, 2.05) is 13.8 Å². The lowest BCUT2D eigenvalue weighted by Gasteiger charge is -2.21. The molecule has 8 nitrogen and oxygen atoms in total. The van der Waals surface area contributed by atoms with E-state index < -0.39 is 10.8 Å². The molecule has 1 amide bonds. The van der Waals surface area contributed by atoms with Crippen LogP contribution in [0.4, 0.5) is 11.5 Å². The van der Waals surface area contributed by atoms with Gasteiger partial charge in [-0.2, -0.15) is 0 Å². The second kappa shape index (κ2) is 7.53. The molecule has 8 heteroatoms. The standard InChI is InChI=1S/C13H20N4O4/c1-8(2)11(7-21-4)16-13(18)10-5-9(17(19)20)6-15-12(10)14-3/h5-6,8,11H,7H2,1-4H3,(H,14,15)(H,16,18). The highest BCUT2D eigenvalue weighted by atomic mass is 16.6. The van der Waals surface area contributed by atoms with Gasteiger partial charge in [0.15, 0.2) is 0 Å². The van der Waals surface area contributed by atoms with Crippen molar-refractivity contribution in [1.82, 2.24) is 10.3 Å². The number of carbonyl (C=O) groups excluding carboxylic acids is 1. The Morgan fingerprint density at radius 3 is 2.67 bits per heavy atom. The van der Waals surface area contributed by atoms with Crippen molar-refractivity contribution >= 4 is 17.4 Å².